The third-order valence-corrected chi connectivity index (χ3v) is 5.47. The zero-order chi connectivity index (χ0) is 22.6. The van der Waals surface area contributed by atoms with E-state index in [0.29, 0.717) is 12.2 Å². The molecule has 1 heterocycles. The van der Waals surface area contributed by atoms with E-state index >= 15 is 0 Å². The van der Waals surface area contributed by atoms with Gasteiger partial charge in [0.05, 0.1) is 13.7 Å². The predicted molar refractivity (Wildman–Crippen MR) is 137 cm³/mol. The van der Waals surface area contributed by atoms with Gasteiger partial charge in [-0.25, -0.2) is 0 Å². The Morgan fingerprint density at radius 2 is 1.97 bits per heavy atom. The van der Waals surface area contributed by atoms with Gasteiger partial charge in [-0.05, 0) is 60.1 Å². The first-order valence-electron chi connectivity index (χ1n) is 10.4. The number of nitrogens with one attached hydrogen (secondary N) is 2. The van der Waals surface area contributed by atoms with Crippen LogP contribution in [0.2, 0.25) is 0 Å². The van der Waals surface area contributed by atoms with Crippen LogP contribution in [0.5, 0.6) is 5.75 Å². The summed E-state index contributed by atoms with van der Waals surface area (Å²) in [4.78, 5) is 8.57. The molecule has 0 aliphatic heterocycles. The zero-order valence-corrected chi connectivity index (χ0v) is 19.2. The molecule has 4 N–H and O–H groups in total. The van der Waals surface area contributed by atoms with E-state index in [-0.39, 0.29) is 0 Å². The van der Waals surface area contributed by atoms with Crippen LogP contribution < -0.4 is 20.5 Å². The van der Waals surface area contributed by atoms with Gasteiger partial charge in [-0.3, -0.25) is 14.7 Å². The lowest BCUT2D eigenvalue weighted by Crippen LogP contribution is -2.10. The maximum absolute atomic E-state index is 6.48. The Morgan fingerprint density at radius 3 is 2.69 bits per heavy atom. The summed E-state index contributed by atoms with van der Waals surface area (Å²) in [5.74, 6) is 1.77. The number of allylic oxidation sites excluding steroid dienone is 1. The fourth-order valence-electron chi connectivity index (χ4n) is 3.11. The Balaban J connectivity index is 1.82. The van der Waals surface area contributed by atoms with Crippen molar-refractivity contribution in [3.8, 4) is 16.9 Å². The van der Waals surface area contributed by atoms with Gasteiger partial charge in [0.1, 0.15) is 5.75 Å². The molecule has 0 bridgehead atoms. The van der Waals surface area contributed by atoms with Gasteiger partial charge in [-0.2, -0.15) is 0 Å². The molecule has 3 aromatic rings. The molecule has 3 rings (SSSR count). The number of aliphatic imine (C=N–C) groups is 1. The van der Waals surface area contributed by atoms with Crippen LogP contribution in [-0.2, 0) is 6.54 Å². The van der Waals surface area contributed by atoms with Crippen molar-refractivity contribution in [2.24, 2.45) is 10.7 Å². The first-order valence-corrected chi connectivity index (χ1v) is 11.4. The predicted octanol–water partition coefficient (Wildman–Crippen LogP) is 4.61. The van der Waals surface area contributed by atoms with Gasteiger partial charge in [0.15, 0.2) is 0 Å². The van der Waals surface area contributed by atoms with E-state index in [1.165, 1.54) is 0 Å². The summed E-state index contributed by atoms with van der Waals surface area (Å²) in [5, 5.41) is 3.49. The van der Waals surface area contributed by atoms with Crippen LogP contribution in [0.15, 0.2) is 78.1 Å². The summed E-state index contributed by atoms with van der Waals surface area (Å²) >= 11 is 1.66. The van der Waals surface area contributed by atoms with E-state index in [2.05, 4.69) is 38.2 Å². The van der Waals surface area contributed by atoms with Gasteiger partial charge in [0.25, 0.3) is 0 Å². The minimum absolute atomic E-state index is 0.565. The fourth-order valence-corrected chi connectivity index (χ4v) is 3.52. The highest BCUT2D eigenvalue weighted by Gasteiger charge is 2.08. The molecule has 166 valence electrons. The number of pyridine rings is 1. The number of benzene rings is 2. The number of rotatable bonds is 11. The molecular weight excluding hydrogens is 418 g/mol. The Kier molecular flexibility index (Phi) is 9.16. The minimum atomic E-state index is 0.565. The van der Waals surface area contributed by atoms with E-state index in [1.54, 1.807) is 31.5 Å². The van der Waals surface area contributed by atoms with Gasteiger partial charge in [-0.1, -0.05) is 36.2 Å². The Morgan fingerprint density at radius 1 is 1.16 bits per heavy atom. The second-order valence-electron chi connectivity index (χ2n) is 6.94. The Bertz CT molecular complexity index is 1040. The van der Waals surface area contributed by atoms with E-state index in [9.17, 15) is 0 Å². The largest absolute Gasteiger partial charge is 0.497 e. The molecular formula is C25H29N5OS. The fraction of sp³-hybridized carbons (Fsp3) is 0.200. The van der Waals surface area contributed by atoms with Gasteiger partial charge >= 0.3 is 0 Å². The standard InChI is InChI=1S/C25H29N5OS/c1-27-32-15-14-30-25-10-7-21(20-5-8-22(31-2)9-6-20)16-23(25)24(26)11-13-29-18-19-4-3-12-28-17-19/h3-13,16-17,27,30H,14-15,18,26H2,1-2H3/b24-11-,29-13?. The summed E-state index contributed by atoms with van der Waals surface area (Å²) in [6, 6.07) is 18.2. The highest BCUT2D eigenvalue weighted by atomic mass is 32.2. The maximum atomic E-state index is 6.48. The monoisotopic (exact) mass is 447 g/mol. The first kappa shape index (κ1) is 23.4. The molecule has 0 atom stereocenters. The second-order valence-corrected chi connectivity index (χ2v) is 8.05. The normalized spacial score (nSPS) is 11.6. The molecule has 0 unspecified atom stereocenters. The van der Waals surface area contributed by atoms with Crippen molar-refractivity contribution >= 4 is 29.5 Å². The molecule has 0 aliphatic rings. The quantitative estimate of drug-likeness (QED) is 0.226. The Hall–Kier alpha value is -3.29. The van der Waals surface area contributed by atoms with Crippen molar-refractivity contribution in [3.63, 3.8) is 0 Å². The lowest BCUT2D eigenvalue weighted by atomic mass is 10.00. The van der Waals surface area contributed by atoms with Crippen LogP contribution >= 0.6 is 11.9 Å². The van der Waals surface area contributed by atoms with Crippen molar-refractivity contribution in [2.45, 2.75) is 6.54 Å². The molecule has 1 aromatic heterocycles. The summed E-state index contributed by atoms with van der Waals surface area (Å²) < 4.78 is 8.36. The highest BCUT2D eigenvalue weighted by molar-refractivity contribution is 7.97. The maximum Gasteiger partial charge on any atom is 0.118 e. The highest BCUT2D eigenvalue weighted by Crippen LogP contribution is 2.29. The topological polar surface area (TPSA) is 84.6 Å². The second kappa shape index (κ2) is 12.5. The van der Waals surface area contributed by atoms with Gasteiger partial charge in [0, 0.05) is 47.9 Å². The van der Waals surface area contributed by atoms with Crippen LogP contribution in [0.1, 0.15) is 11.1 Å². The summed E-state index contributed by atoms with van der Waals surface area (Å²) in [5.41, 5.74) is 12.3. The number of hydrogen-bond acceptors (Lipinski definition) is 7. The van der Waals surface area contributed by atoms with E-state index in [1.807, 2.05) is 55.7 Å². The molecule has 0 amide bonds. The van der Waals surface area contributed by atoms with Crippen molar-refractivity contribution in [2.75, 3.05) is 31.8 Å². The van der Waals surface area contributed by atoms with Gasteiger partial charge in [0.2, 0.25) is 0 Å². The van der Waals surface area contributed by atoms with Crippen molar-refractivity contribution in [1.82, 2.24) is 9.71 Å². The molecule has 0 spiro atoms. The van der Waals surface area contributed by atoms with Gasteiger partial charge in [-0.15, -0.1) is 0 Å². The number of nitrogens with zero attached hydrogens (tertiary/aromatic N) is 2. The van der Waals surface area contributed by atoms with E-state index in [4.69, 9.17) is 10.5 Å². The Labute approximate surface area is 194 Å². The van der Waals surface area contributed by atoms with E-state index < -0.39 is 0 Å². The molecule has 7 heteroatoms. The minimum Gasteiger partial charge on any atom is -0.497 e. The number of anilines is 1. The van der Waals surface area contributed by atoms with Crippen molar-refractivity contribution in [3.05, 3.63) is 84.2 Å². The van der Waals surface area contributed by atoms with E-state index in [0.717, 1.165) is 46.0 Å². The third kappa shape index (κ3) is 6.87. The molecule has 2 aromatic carbocycles. The third-order valence-electron chi connectivity index (χ3n) is 4.77. The van der Waals surface area contributed by atoms with Crippen molar-refractivity contribution < 1.29 is 4.74 Å². The molecule has 0 fully saturated rings. The molecule has 0 saturated carbocycles. The summed E-state index contributed by atoms with van der Waals surface area (Å²) in [6.07, 6.45) is 7.17. The van der Waals surface area contributed by atoms with Crippen LogP contribution in [0.4, 0.5) is 5.69 Å². The summed E-state index contributed by atoms with van der Waals surface area (Å²) in [7, 11) is 3.59. The number of ether oxygens (including phenoxy) is 1. The number of nitrogens with two attached hydrogens (primary N) is 1. The molecule has 0 saturated heterocycles. The molecule has 6 nitrogen and oxygen atoms in total. The average molecular weight is 448 g/mol. The zero-order valence-electron chi connectivity index (χ0n) is 18.4. The van der Waals surface area contributed by atoms with Crippen LogP contribution in [-0.4, -0.2) is 37.7 Å². The van der Waals surface area contributed by atoms with Crippen LogP contribution in [0.3, 0.4) is 0 Å². The van der Waals surface area contributed by atoms with Crippen molar-refractivity contribution in [1.29, 1.82) is 0 Å². The SMILES string of the molecule is CNSCCNc1ccc(-c2ccc(OC)cc2)cc1/C(N)=C/C=NCc1cccnc1. The van der Waals surface area contributed by atoms with Gasteiger partial charge < -0.3 is 15.8 Å². The average Bonchev–Trinajstić information content (AvgIpc) is 2.85. The lowest BCUT2D eigenvalue weighted by Gasteiger charge is -2.14. The number of hydrogen-bond donors (Lipinski definition) is 3. The first-order chi connectivity index (χ1) is 15.7. The molecule has 0 radical (unpaired) electrons. The lowest BCUT2D eigenvalue weighted by molar-refractivity contribution is 0.415. The molecule has 32 heavy (non-hydrogen) atoms. The molecule has 0 aliphatic carbocycles. The number of methoxy groups -OCH3 is 1. The van der Waals surface area contributed by atoms with Crippen LogP contribution in [0.25, 0.3) is 16.8 Å². The van der Waals surface area contributed by atoms with Crippen LogP contribution in [0, 0.1) is 0 Å². The smallest absolute Gasteiger partial charge is 0.118 e. The number of aromatic nitrogens is 1. The summed E-state index contributed by atoms with van der Waals surface area (Å²) in [6.45, 7) is 1.39.